The number of amides is 1. The van der Waals surface area contributed by atoms with E-state index in [0.717, 1.165) is 28.0 Å². The number of carboxylic acids is 1. The number of benzene rings is 4. The van der Waals surface area contributed by atoms with Crippen molar-refractivity contribution in [2.24, 2.45) is 0 Å². The predicted molar refractivity (Wildman–Crippen MR) is 136 cm³/mol. The Balaban J connectivity index is 1.36. The number of aryl methyl sites for hydroxylation is 1. The van der Waals surface area contributed by atoms with E-state index in [0.29, 0.717) is 12.2 Å². The molecule has 4 rings (SSSR count). The summed E-state index contributed by atoms with van der Waals surface area (Å²) in [5.41, 5.74) is 5.53. The second-order valence-electron chi connectivity index (χ2n) is 8.43. The standard InChI is InChI=1S/C30H27NO4/c1-21-7-9-23(10-8-21)20-35-27-17-15-25(16-18-27)24-11-13-26(14-12-24)29(32)31-28(30(33)34)19-22-5-3-2-4-6-22/h2-18,28H,19-20H2,1H3,(H,31,32)(H,33,34). The van der Waals surface area contributed by atoms with Gasteiger partial charge in [-0.2, -0.15) is 0 Å². The Bertz CT molecular complexity index is 1270. The lowest BCUT2D eigenvalue weighted by Gasteiger charge is -2.15. The number of carbonyl (C=O) groups is 2. The maximum Gasteiger partial charge on any atom is 0.326 e. The van der Waals surface area contributed by atoms with Crippen LogP contribution in [0.4, 0.5) is 0 Å². The third-order valence-corrected chi connectivity index (χ3v) is 5.75. The Morgan fingerprint density at radius 2 is 1.37 bits per heavy atom. The van der Waals surface area contributed by atoms with Crippen molar-refractivity contribution in [1.82, 2.24) is 5.32 Å². The van der Waals surface area contributed by atoms with Crippen LogP contribution < -0.4 is 10.1 Å². The maximum atomic E-state index is 12.7. The minimum atomic E-state index is -1.07. The molecule has 5 heteroatoms. The van der Waals surface area contributed by atoms with Crippen molar-refractivity contribution in [3.63, 3.8) is 0 Å². The van der Waals surface area contributed by atoms with E-state index in [1.54, 1.807) is 12.1 Å². The summed E-state index contributed by atoms with van der Waals surface area (Å²) in [6.07, 6.45) is 0.221. The van der Waals surface area contributed by atoms with Crippen LogP contribution in [-0.2, 0) is 17.8 Å². The number of rotatable bonds is 9. The summed E-state index contributed by atoms with van der Waals surface area (Å²) in [5, 5.41) is 12.2. The summed E-state index contributed by atoms with van der Waals surface area (Å²) in [4.78, 5) is 24.3. The number of carboxylic acid groups (broad SMARTS) is 1. The van der Waals surface area contributed by atoms with Gasteiger partial charge in [0.1, 0.15) is 18.4 Å². The third-order valence-electron chi connectivity index (χ3n) is 5.75. The average molecular weight is 466 g/mol. The van der Waals surface area contributed by atoms with Gasteiger partial charge in [-0.25, -0.2) is 4.79 Å². The fourth-order valence-electron chi connectivity index (χ4n) is 3.70. The van der Waals surface area contributed by atoms with Crippen LogP contribution in [0.5, 0.6) is 5.75 Å². The van der Waals surface area contributed by atoms with Crippen molar-refractivity contribution >= 4 is 11.9 Å². The molecule has 35 heavy (non-hydrogen) atoms. The molecule has 0 aliphatic carbocycles. The Morgan fingerprint density at radius 3 is 1.97 bits per heavy atom. The molecule has 0 saturated carbocycles. The van der Waals surface area contributed by atoms with Gasteiger partial charge in [-0.1, -0.05) is 84.4 Å². The third kappa shape index (κ3) is 6.58. The van der Waals surface area contributed by atoms with Gasteiger partial charge >= 0.3 is 5.97 Å². The molecule has 2 N–H and O–H groups in total. The topological polar surface area (TPSA) is 75.6 Å². The number of nitrogens with one attached hydrogen (secondary N) is 1. The molecule has 0 spiro atoms. The van der Waals surface area contributed by atoms with E-state index >= 15 is 0 Å². The van der Waals surface area contributed by atoms with Crippen LogP contribution >= 0.6 is 0 Å². The number of ether oxygens (including phenoxy) is 1. The fourth-order valence-corrected chi connectivity index (χ4v) is 3.70. The minimum Gasteiger partial charge on any atom is -0.489 e. The van der Waals surface area contributed by atoms with E-state index < -0.39 is 17.9 Å². The van der Waals surface area contributed by atoms with Gasteiger partial charge in [0.25, 0.3) is 5.91 Å². The highest BCUT2D eigenvalue weighted by molar-refractivity contribution is 5.97. The number of hydrogen-bond donors (Lipinski definition) is 2. The predicted octanol–water partition coefficient (Wildman–Crippen LogP) is 5.67. The van der Waals surface area contributed by atoms with E-state index in [1.165, 1.54) is 5.56 Å². The lowest BCUT2D eigenvalue weighted by molar-refractivity contribution is -0.139. The highest BCUT2D eigenvalue weighted by Gasteiger charge is 2.21. The summed E-state index contributed by atoms with van der Waals surface area (Å²) in [6, 6.07) is 31.4. The molecule has 1 amide bonds. The van der Waals surface area contributed by atoms with E-state index in [1.807, 2.05) is 66.7 Å². The Kier molecular flexibility index (Phi) is 7.58. The van der Waals surface area contributed by atoms with Crippen LogP contribution in [0.15, 0.2) is 103 Å². The number of hydrogen-bond acceptors (Lipinski definition) is 3. The number of aliphatic carboxylic acids is 1. The highest BCUT2D eigenvalue weighted by atomic mass is 16.5. The Hall–Kier alpha value is -4.38. The van der Waals surface area contributed by atoms with Crippen LogP contribution in [0.25, 0.3) is 11.1 Å². The number of carbonyl (C=O) groups excluding carboxylic acids is 1. The molecule has 0 radical (unpaired) electrons. The first-order valence-corrected chi connectivity index (χ1v) is 11.4. The fraction of sp³-hybridized carbons (Fsp3) is 0.133. The van der Waals surface area contributed by atoms with E-state index in [9.17, 15) is 14.7 Å². The molecule has 0 bridgehead atoms. The van der Waals surface area contributed by atoms with Gasteiger partial charge < -0.3 is 15.2 Å². The van der Waals surface area contributed by atoms with Gasteiger partial charge in [-0.15, -0.1) is 0 Å². The first-order valence-electron chi connectivity index (χ1n) is 11.4. The highest BCUT2D eigenvalue weighted by Crippen LogP contribution is 2.23. The lowest BCUT2D eigenvalue weighted by atomic mass is 10.0. The second kappa shape index (κ2) is 11.2. The molecule has 0 heterocycles. The monoisotopic (exact) mass is 465 g/mol. The van der Waals surface area contributed by atoms with Gasteiger partial charge in [-0.3, -0.25) is 4.79 Å². The normalized spacial score (nSPS) is 11.5. The largest absolute Gasteiger partial charge is 0.489 e. The molecular weight excluding hydrogens is 438 g/mol. The molecule has 1 atom stereocenters. The quantitative estimate of drug-likeness (QED) is 0.334. The first-order chi connectivity index (χ1) is 17.0. The van der Waals surface area contributed by atoms with E-state index in [-0.39, 0.29) is 6.42 Å². The Labute approximate surface area is 205 Å². The molecule has 5 nitrogen and oxygen atoms in total. The second-order valence-corrected chi connectivity index (χ2v) is 8.43. The van der Waals surface area contributed by atoms with Crippen LogP contribution in [0, 0.1) is 6.92 Å². The van der Waals surface area contributed by atoms with Crippen molar-refractivity contribution in [3.8, 4) is 16.9 Å². The lowest BCUT2D eigenvalue weighted by Crippen LogP contribution is -2.42. The summed E-state index contributed by atoms with van der Waals surface area (Å²) in [6.45, 7) is 2.56. The molecule has 176 valence electrons. The first kappa shape index (κ1) is 23.8. The SMILES string of the molecule is Cc1ccc(COc2ccc(-c3ccc(C(=O)NC(Cc4ccccc4)C(=O)O)cc3)cc2)cc1. The molecule has 0 aliphatic heterocycles. The summed E-state index contributed by atoms with van der Waals surface area (Å²) in [7, 11) is 0. The van der Waals surface area contributed by atoms with Gasteiger partial charge in [0.05, 0.1) is 0 Å². The Morgan fingerprint density at radius 1 is 0.771 bits per heavy atom. The van der Waals surface area contributed by atoms with Gasteiger partial charge in [0.15, 0.2) is 0 Å². The molecular formula is C30H27NO4. The van der Waals surface area contributed by atoms with Crippen LogP contribution in [0.1, 0.15) is 27.0 Å². The molecule has 4 aromatic carbocycles. The van der Waals surface area contributed by atoms with Crippen molar-refractivity contribution in [3.05, 3.63) is 125 Å². The maximum absolute atomic E-state index is 12.7. The van der Waals surface area contributed by atoms with Gasteiger partial charge in [-0.05, 0) is 53.4 Å². The summed E-state index contributed by atoms with van der Waals surface area (Å²) in [5.74, 6) is -0.702. The van der Waals surface area contributed by atoms with Crippen LogP contribution in [-0.4, -0.2) is 23.0 Å². The molecule has 0 saturated heterocycles. The van der Waals surface area contributed by atoms with Crippen molar-refractivity contribution in [2.75, 3.05) is 0 Å². The van der Waals surface area contributed by atoms with Gasteiger partial charge in [0, 0.05) is 12.0 Å². The van der Waals surface area contributed by atoms with Crippen molar-refractivity contribution in [1.29, 1.82) is 0 Å². The molecule has 1 unspecified atom stereocenters. The molecule has 0 fully saturated rings. The zero-order valence-corrected chi connectivity index (χ0v) is 19.5. The summed E-state index contributed by atoms with van der Waals surface area (Å²) < 4.78 is 5.87. The van der Waals surface area contributed by atoms with E-state index in [2.05, 4.69) is 36.5 Å². The van der Waals surface area contributed by atoms with Crippen LogP contribution in [0.3, 0.4) is 0 Å². The molecule has 4 aromatic rings. The van der Waals surface area contributed by atoms with Crippen molar-refractivity contribution in [2.45, 2.75) is 26.0 Å². The summed E-state index contributed by atoms with van der Waals surface area (Å²) >= 11 is 0. The zero-order valence-electron chi connectivity index (χ0n) is 19.5. The molecule has 0 aromatic heterocycles. The smallest absolute Gasteiger partial charge is 0.326 e. The average Bonchev–Trinajstić information content (AvgIpc) is 2.89. The zero-order chi connectivity index (χ0) is 24.6. The molecule has 0 aliphatic rings. The van der Waals surface area contributed by atoms with Crippen LogP contribution in [0.2, 0.25) is 0 Å². The van der Waals surface area contributed by atoms with E-state index in [4.69, 9.17) is 4.74 Å². The van der Waals surface area contributed by atoms with Gasteiger partial charge in [0.2, 0.25) is 0 Å². The minimum absolute atomic E-state index is 0.221. The van der Waals surface area contributed by atoms with Crippen molar-refractivity contribution < 1.29 is 19.4 Å².